The average molecular weight is 460 g/mol. The molecule has 2 rings (SSSR count). The molecule has 0 aliphatic heterocycles. The van der Waals surface area contributed by atoms with E-state index in [1.807, 2.05) is 0 Å². The second kappa shape index (κ2) is 14.1. The summed E-state index contributed by atoms with van der Waals surface area (Å²) in [6.07, 6.45) is 0. The minimum atomic E-state index is 0. The van der Waals surface area contributed by atoms with Crippen LogP contribution in [0.1, 0.15) is 22.3 Å². The van der Waals surface area contributed by atoms with Gasteiger partial charge in [0.15, 0.2) is 0 Å². The van der Waals surface area contributed by atoms with Gasteiger partial charge in [0.25, 0.3) is 0 Å². The maximum atomic E-state index is 3.58. The second-order valence-corrected chi connectivity index (χ2v) is 6.69. The molecule has 0 heterocycles. The molecular formula is C21H31Cl2CuN3. The Kier molecular flexibility index (Phi) is 14.8. The van der Waals surface area contributed by atoms with Crippen molar-refractivity contribution in [3.05, 3.63) is 58.7 Å². The summed E-state index contributed by atoms with van der Waals surface area (Å²) in [6.45, 7) is 12.6. The van der Waals surface area contributed by atoms with E-state index in [1.165, 1.54) is 33.6 Å². The monoisotopic (exact) mass is 458 g/mol. The fraction of sp³-hybridized carbons (Fsp3) is 0.429. The molecule has 0 amide bonds. The fourth-order valence-corrected chi connectivity index (χ4v) is 3.04. The topological polar surface area (TPSA) is 27.3 Å². The number of nitrogens with zero attached hydrogens (tertiary/aromatic N) is 1. The van der Waals surface area contributed by atoms with Gasteiger partial charge in [0, 0.05) is 37.6 Å². The third-order valence-electron chi connectivity index (χ3n) is 4.55. The van der Waals surface area contributed by atoms with E-state index < -0.39 is 0 Å². The molecule has 2 N–H and O–H groups in total. The largest absolute Gasteiger partial charge is 2.00 e. The molecule has 0 aromatic heterocycles. The molecule has 3 nitrogen and oxygen atoms in total. The van der Waals surface area contributed by atoms with Gasteiger partial charge < -0.3 is 40.3 Å². The maximum absolute atomic E-state index is 3.58. The first-order valence-electron chi connectivity index (χ1n) is 8.77. The zero-order chi connectivity index (χ0) is 17.5. The van der Waals surface area contributed by atoms with Crippen LogP contribution in [0.25, 0.3) is 0 Å². The Labute approximate surface area is 188 Å². The molecule has 0 saturated heterocycles. The molecule has 0 atom stereocenters. The Balaban J connectivity index is 0. The third kappa shape index (κ3) is 8.76. The Morgan fingerprint density at radius 2 is 0.963 bits per heavy atom. The summed E-state index contributed by atoms with van der Waals surface area (Å²) in [6, 6.07) is 12.9. The fourth-order valence-electron chi connectivity index (χ4n) is 3.04. The molecule has 27 heavy (non-hydrogen) atoms. The standard InChI is InChI=1S/C21H31N3.2ClH.Cu/c1-16-8-6-9-17(2)20(16)22-12-14-24(5)15-13-23-21-18(3)10-7-11-19(21)4;;;/h6-11,22-23H,12-15H2,1-5H3;2*1H;/q;;;+2/p-2. The van der Waals surface area contributed by atoms with E-state index in [0.29, 0.717) is 0 Å². The van der Waals surface area contributed by atoms with Crippen molar-refractivity contribution in [2.24, 2.45) is 0 Å². The van der Waals surface area contributed by atoms with Gasteiger partial charge in [-0.05, 0) is 57.0 Å². The maximum Gasteiger partial charge on any atom is 2.00 e. The normalized spacial score (nSPS) is 9.70. The number of halogens is 2. The molecular weight excluding hydrogens is 429 g/mol. The van der Waals surface area contributed by atoms with Crippen LogP contribution < -0.4 is 35.4 Å². The number of hydrogen-bond acceptors (Lipinski definition) is 3. The first-order chi connectivity index (χ1) is 11.5. The van der Waals surface area contributed by atoms with Crippen LogP contribution in [-0.2, 0) is 17.1 Å². The van der Waals surface area contributed by atoms with E-state index in [0.717, 1.165) is 26.2 Å². The predicted molar refractivity (Wildman–Crippen MR) is 106 cm³/mol. The van der Waals surface area contributed by atoms with Gasteiger partial charge in [0.1, 0.15) is 0 Å². The molecule has 0 spiro atoms. The van der Waals surface area contributed by atoms with E-state index in [2.05, 4.69) is 86.7 Å². The van der Waals surface area contributed by atoms with Crippen LogP contribution in [0.15, 0.2) is 36.4 Å². The average Bonchev–Trinajstić information content (AvgIpc) is 2.53. The Morgan fingerprint density at radius 1 is 0.667 bits per heavy atom. The number of aryl methyl sites for hydroxylation is 4. The molecule has 0 bridgehead atoms. The van der Waals surface area contributed by atoms with E-state index in [1.54, 1.807) is 0 Å². The van der Waals surface area contributed by atoms with Crippen molar-refractivity contribution in [2.75, 3.05) is 43.9 Å². The van der Waals surface area contributed by atoms with E-state index >= 15 is 0 Å². The van der Waals surface area contributed by atoms with Gasteiger partial charge in [0.05, 0.1) is 0 Å². The number of anilines is 2. The van der Waals surface area contributed by atoms with Gasteiger partial charge in [-0.25, -0.2) is 0 Å². The smallest absolute Gasteiger partial charge is 1.00 e. The zero-order valence-electron chi connectivity index (χ0n) is 16.8. The number of nitrogens with one attached hydrogen (secondary N) is 2. The summed E-state index contributed by atoms with van der Waals surface area (Å²) >= 11 is 0. The van der Waals surface area contributed by atoms with Crippen LogP contribution in [0.4, 0.5) is 11.4 Å². The molecule has 2 aromatic carbocycles. The third-order valence-corrected chi connectivity index (χ3v) is 4.55. The van der Waals surface area contributed by atoms with Crippen LogP contribution in [0.2, 0.25) is 0 Å². The van der Waals surface area contributed by atoms with Crippen molar-refractivity contribution < 1.29 is 41.9 Å². The molecule has 0 saturated carbocycles. The second-order valence-electron chi connectivity index (χ2n) is 6.69. The molecule has 0 aliphatic rings. The zero-order valence-corrected chi connectivity index (χ0v) is 19.3. The van der Waals surface area contributed by atoms with Gasteiger partial charge in [-0.2, -0.15) is 0 Å². The molecule has 0 unspecified atom stereocenters. The van der Waals surface area contributed by atoms with Crippen LogP contribution in [-0.4, -0.2) is 38.1 Å². The van der Waals surface area contributed by atoms with Crippen LogP contribution in [0, 0.1) is 27.7 Å². The van der Waals surface area contributed by atoms with Crippen LogP contribution in [0.5, 0.6) is 0 Å². The number of benzene rings is 2. The Morgan fingerprint density at radius 3 is 1.26 bits per heavy atom. The molecule has 6 heteroatoms. The van der Waals surface area contributed by atoms with Crippen LogP contribution >= 0.6 is 0 Å². The van der Waals surface area contributed by atoms with Crippen molar-refractivity contribution in [2.45, 2.75) is 27.7 Å². The van der Waals surface area contributed by atoms with E-state index in [4.69, 9.17) is 0 Å². The summed E-state index contributed by atoms with van der Waals surface area (Å²) in [4.78, 5) is 2.36. The first kappa shape index (κ1) is 28.3. The van der Waals surface area contributed by atoms with Crippen molar-refractivity contribution in [1.29, 1.82) is 0 Å². The quantitative estimate of drug-likeness (QED) is 0.465. The number of para-hydroxylation sites is 2. The van der Waals surface area contributed by atoms with Gasteiger partial charge in [-0.3, -0.25) is 0 Å². The van der Waals surface area contributed by atoms with Gasteiger partial charge >= 0.3 is 17.1 Å². The summed E-state index contributed by atoms with van der Waals surface area (Å²) in [5.74, 6) is 0. The number of rotatable bonds is 8. The van der Waals surface area contributed by atoms with Crippen LogP contribution in [0.3, 0.4) is 0 Å². The van der Waals surface area contributed by atoms with Gasteiger partial charge in [0.2, 0.25) is 0 Å². The minimum absolute atomic E-state index is 0. The molecule has 0 aliphatic carbocycles. The summed E-state index contributed by atoms with van der Waals surface area (Å²) in [5.41, 5.74) is 7.81. The molecule has 155 valence electrons. The first-order valence-corrected chi connectivity index (χ1v) is 8.77. The summed E-state index contributed by atoms with van der Waals surface area (Å²) < 4.78 is 0. The van der Waals surface area contributed by atoms with E-state index in [9.17, 15) is 0 Å². The summed E-state index contributed by atoms with van der Waals surface area (Å²) in [7, 11) is 2.18. The number of hydrogen-bond donors (Lipinski definition) is 2. The van der Waals surface area contributed by atoms with Crippen molar-refractivity contribution in [1.82, 2.24) is 4.90 Å². The predicted octanol–water partition coefficient (Wildman–Crippen LogP) is -1.62. The van der Waals surface area contributed by atoms with Gasteiger partial charge in [-0.1, -0.05) is 36.4 Å². The molecule has 1 radical (unpaired) electrons. The van der Waals surface area contributed by atoms with Crippen molar-refractivity contribution >= 4 is 11.4 Å². The number of likely N-dealkylation sites (N-methyl/N-ethyl adjacent to an activating group) is 1. The summed E-state index contributed by atoms with van der Waals surface area (Å²) in [5, 5.41) is 7.15. The minimum Gasteiger partial charge on any atom is -1.00 e. The molecule has 2 aromatic rings. The molecule has 0 fully saturated rings. The van der Waals surface area contributed by atoms with E-state index in [-0.39, 0.29) is 41.9 Å². The van der Waals surface area contributed by atoms with Gasteiger partial charge in [-0.15, -0.1) is 0 Å². The van der Waals surface area contributed by atoms with Crippen molar-refractivity contribution in [3.63, 3.8) is 0 Å². The van der Waals surface area contributed by atoms with Crippen molar-refractivity contribution in [3.8, 4) is 0 Å². The SMILES string of the molecule is Cc1cccc(C)c1NCCN(C)CCNc1c(C)cccc1C.[Cl-].[Cl-].[Cu+2]. The Hall–Kier alpha value is -0.901. The Bertz CT molecular complexity index is 582.